The minimum atomic E-state index is -2.57. The molecule has 3 fully saturated rings. The molecule has 0 bridgehead atoms. The largest absolute Gasteiger partial charge is 0.348 e. The Bertz CT molecular complexity index is 1420. The van der Waals surface area contributed by atoms with Crippen molar-refractivity contribution in [3.8, 4) is 0 Å². The summed E-state index contributed by atoms with van der Waals surface area (Å²) in [6.07, 6.45) is 2.87. The molecule has 198 valence electrons. The number of carbonyl (C=O) groups excluding carboxylic acids is 2. The molecular weight excluding hydrogens is 514 g/mol. The van der Waals surface area contributed by atoms with Crippen LogP contribution in [0.1, 0.15) is 77.3 Å². The molecule has 11 heteroatoms. The second kappa shape index (κ2) is 9.41. The van der Waals surface area contributed by atoms with Crippen molar-refractivity contribution < 1.29 is 18.4 Å². The van der Waals surface area contributed by atoms with Crippen molar-refractivity contribution >= 4 is 29.2 Å². The average Bonchev–Trinajstić information content (AvgIpc) is 3.31. The smallest absolute Gasteiger partial charge is 0.273 e. The molecule has 3 aliphatic rings. The highest BCUT2D eigenvalue weighted by Crippen LogP contribution is 2.47. The van der Waals surface area contributed by atoms with Crippen molar-refractivity contribution in [1.82, 2.24) is 25.3 Å². The fraction of sp³-hybridized carbons (Fsp3) is 0.444. The Kier molecular flexibility index (Phi) is 6.17. The number of nitrogens with one attached hydrogen (secondary N) is 1. The first-order valence-electron chi connectivity index (χ1n) is 12.8. The van der Waals surface area contributed by atoms with Crippen LogP contribution in [-0.4, -0.2) is 44.4 Å². The van der Waals surface area contributed by atoms with Crippen molar-refractivity contribution in [3.05, 3.63) is 69.6 Å². The number of halogens is 3. The van der Waals surface area contributed by atoms with Crippen molar-refractivity contribution in [2.24, 2.45) is 11.8 Å². The number of carbonyl (C=O) groups is 2. The van der Waals surface area contributed by atoms with Crippen LogP contribution in [0.4, 0.5) is 14.6 Å². The van der Waals surface area contributed by atoms with E-state index in [2.05, 4.69) is 20.6 Å². The van der Waals surface area contributed by atoms with E-state index < -0.39 is 6.43 Å². The predicted molar refractivity (Wildman–Crippen MR) is 136 cm³/mol. The summed E-state index contributed by atoms with van der Waals surface area (Å²) in [5.41, 5.74) is 2.60. The Morgan fingerprint density at radius 1 is 1.18 bits per heavy atom. The second-order valence-corrected chi connectivity index (χ2v) is 11.1. The van der Waals surface area contributed by atoms with Crippen LogP contribution in [0.3, 0.4) is 0 Å². The third kappa shape index (κ3) is 4.44. The van der Waals surface area contributed by atoms with E-state index in [-0.39, 0.29) is 47.0 Å². The zero-order chi connectivity index (χ0) is 26.7. The Labute approximate surface area is 223 Å². The zero-order valence-electron chi connectivity index (χ0n) is 20.9. The number of fused-ring (bicyclic) bond motifs is 1. The molecule has 38 heavy (non-hydrogen) atoms. The summed E-state index contributed by atoms with van der Waals surface area (Å²) in [4.78, 5) is 31.5. The van der Waals surface area contributed by atoms with Gasteiger partial charge in [-0.3, -0.25) is 14.5 Å². The lowest BCUT2D eigenvalue weighted by molar-refractivity contribution is -0.118. The number of aryl methyl sites for hydroxylation is 1. The standard InChI is InChI=1S/C27H27ClF2N6O2/c1-13-5-24(35-11-16-8-21(16)27(35)38)31-10-22(13)14(2)36-12-23(33-34-36)26(37)32-18-6-15(7-18)20-9-17(28)3-4-19(20)25(29)30/h3-5,9-10,12,14-16,18,21,25H,6-8,11H2,1-2H3,(H,32,37)/t14-,15-,16+,18+,21+/m0/s1. The Hall–Kier alpha value is -3.40. The summed E-state index contributed by atoms with van der Waals surface area (Å²) in [6, 6.07) is 5.98. The highest BCUT2D eigenvalue weighted by molar-refractivity contribution is 6.30. The van der Waals surface area contributed by atoms with Crippen LogP contribution < -0.4 is 10.2 Å². The summed E-state index contributed by atoms with van der Waals surface area (Å²) in [6.45, 7) is 4.65. The van der Waals surface area contributed by atoms with Crippen LogP contribution in [0.25, 0.3) is 0 Å². The van der Waals surface area contributed by atoms with E-state index in [1.165, 1.54) is 12.1 Å². The van der Waals surface area contributed by atoms with Crippen molar-refractivity contribution in [2.75, 3.05) is 11.4 Å². The van der Waals surface area contributed by atoms with Gasteiger partial charge in [0.1, 0.15) is 5.82 Å². The summed E-state index contributed by atoms with van der Waals surface area (Å²) >= 11 is 6.03. The lowest BCUT2D eigenvalue weighted by Gasteiger charge is -2.37. The molecule has 0 spiro atoms. The molecule has 2 amide bonds. The fourth-order valence-corrected chi connectivity index (χ4v) is 5.86. The molecule has 2 aromatic heterocycles. The number of hydrogen-bond donors (Lipinski definition) is 1. The van der Waals surface area contributed by atoms with Gasteiger partial charge in [-0.25, -0.2) is 18.4 Å². The number of piperidine rings is 1. The fourth-order valence-electron chi connectivity index (χ4n) is 5.68. The molecular formula is C27H27ClF2N6O2. The molecule has 0 radical (unpaired) electrons. The third-order valence-electron chi connectivity index (χ3n) is 8.12. The van der Waals surface area contributed by atoms with E-state index in [9.17, 15) is 18.4 Å². The quantitative estimate of drug-likeness (QED) is 0.463. The lowest BCUT2D eigenvalue weighted by Crippen LogP contribution is -2.43. The Morgan fingerprint density at radius 3 is 2.66 bits per heavy atom. The van der Waals surface area contributed by atoms with Crippen LogP contribution in [0, 0.1) is 18.8 Å². The maximum atomic E-state index is 13.4. The number of anilines is 1. The van der Waals surface area contributed by atoms with Gasteiger partial charge in [0, 0.05) is 35.3 Å². The minimum absolute atomic E-state index is 0.0115. The normalized spacial score (nSPS) is 24.8. The summed E-state index contributed by atoms with van der Waals surface area (Å²) in [7, 11) is 0. The number of nitrogens with zero attached hydrogens (tertiary/aromatic N) is 5. The first kappa shape index (κ1) is 24.9. The van der Waals surface area contributed by atoms with Crippen LogP contribution in [0.5, 0.6) is 0 Å². The zero-order valence-corrected chi connectivity index (χ0v) is 21.7. The number of alkyl halides is 2. The van der Waals surface area contributed by atoms with Crippen LogP contribution in [-0.2, 0) is 4.79 Å². The van der Waals surface area contributed by atoms with Gasteiger partial charge in [-0.05, 0) is 79.8 Å². The van der Waals surface area contributed by atoms with Gasteiger partial charge in [0.2, 0.25) is 5.91 Å². The van der Waals surface area contributed by atoms with Gasteiger partial charge in [-0.1, -0.05) is 22.9 Å². The Morgan fingerprint density at radius 2 is 1.97 bits per heavy atom. The summed E-state index contributed by atoms with van der Waals surface area (Å²) in [5, 5.41) is 11.5. The van der Waals surface area contributed by atoms with Gasteiger partial charge < -0.3 is 5.32 Å². The van der Waals surface area contributed by atoms with Crippen LogP contribution >= 0.6 is 11.6 Å². The predicted octanol–water partition coefficient (Wildman–Crippen LogP) is 4.84. The maximum absolute atomic E-state index is 13.4. The van der Waals surface area contributed by atoms with Crippen molar-refractivity contribution in [1.29, 1.82) is 0 Å². The molecule has 3 aromatic rings. The van der Waals surface area contributed by atoms with Crippen LogP contribution in [0.15, 0.2) is 36.7 Å². The number of pyridine rings is 1. The van der Waals surface area contributed by atoms with Crippen molar-refractivity contribution in [3.63, 3.8) is 0 Å². The molecule has 0 unspecified atom stereocenters. The number of amides is 2. The first-order chi connectivity index (χ1) is 18.2. The molecule has 8 nitrogen and oxygen atoms in total. The van der Waals surface area contributed by atoms with E-state index in [4.69, 9.17) is 11.6 Å². The molecule has 2 saturated carbocycles. The summed E-state index contributed by atoms with van der Waals surface area (Å²) in [5.74, 6) is 1.04. The number of benzene rings is 1. The molecule has 6 rings (SSSR count). The van der Waals surface area contributed by atoms with Gasteiger partial charge in [-0.2, -0.15) is 0 Å². The van der Waals surface area contributed by atoms with E-state index in [1.807, 2.05) is 19.9 Å². The lowest BCUT2D eigenvalue weighted by atomic mass is 9.74. The molecule has 1 aliphatic heterocycles. The second-order valence-electron chi connectivity index (χ2n) is 10.6. The molecule has 3 heterocycles. The molecule has 1 N–H and O–H groups in total. The number of hydrogen-bond acceptors (Lipinski definition) is 5. The molecule has 1 saturated heterocycles. The van der Waals surface area contributed by atoms with Gasteiger partial charge in [0.15, 0.2) is 5.69 Å². The molecule has 1 aromatic carbocycles. The van der Waals surface area contributed by atoms with E-state index in [0.717, 1.165) is 24.1 Å². The van der Waals surface area contributed by atoms with Gasteiger partial charge in [0.05, 0.1) is 12.2 Å². The highest BCUT2D eigenvalue weighted by Gasteiger charge is 2.52. The molecule has 2 aliphatic carbocycles. The minimum Gasteiger partial charge on any atom is -0.348 e. The van der Waals surface area contributed by atoms with Gasteiger partial charge in [0.25, 0.3) is 12.3 Å². The first-order valence-corrected chi connectivity index (χ1v) is 13.2. The van der Waals surface area contributed by atoms with Gasteiger partial charge >= 0.3 is 0 Å². The summed E-state index contributed by atoms with van der Waals surface area (Å²) < 4.78 is 28.4. The third-order valence-corrected chi connectivity index (χ3v) is 8.36. The SMILES string of the molecule is Cc1cc(N2C[C@H]3C[C@H]3C2=O)ncc1[C@H](C)n1cc(C(=O)N[C@H]2C[C@@H](c3cc(Cl)ccc3C(F)F)C2)nn1. The van der Waals surface area contributed by atoms with E-state index in [0.29, 0.717) is 35.2 Å². The maximum Gasteiger partial charge on any atom is 0.273 e. The molecule has 3 atom stereocenters. The number of rotatable bonds is 7. The number of aromatic nitrogens is 4. The highest BCUT2D eigenvalue weighted by atomic mass is 35.5. The average molecular weight is 541 g/mol. The van der Waals surface area contributed by atoms with Crippen LogP contribution in [0.2, 0.25) is 5.02 Å². The van der Waals surface area contributed by atoms with Gasteiger partial charge in [-0.15, -0.1) is 5.10 Å². The Balaban J connectivity index is 1.08. The monoisotopic (exact) mass is 540 g/mol. The van der Waals surface area contributed by atoms with E-state index in [1.54, 1.807) is 28.0 Å². The topological polar surface area (TPSA) is 93.0 Å². The van der Waals surface area contributed by atoms with Crippen molar-refractivity contribution in [2.45, 2.75) is 57.5 Å². The van der Waals surface area contributed by atoms with E-state index >= 15 is 0 Å².